The maximum Gasteiger partial charge on any atom is 0.317 e. The van der Waals surface area contributed by atoms with Gasteiger partial charge in [0.15, 0.2) is 0 Å². The topological polar surface area (TPSA) is 105 Å². The van der Waals surface area contributed by atoms with E-state index in [4.69, 9.17) is 14.1 Å². The molecule has 0 aliphatic carbocycles. The van der Waals surface area contributed by atoms with Gasteiger partial charge in [-0.1, -0.05) is 53.6 Å². The molecule has 1 amide bonds. The zero-order valence-electron chi connectivity index (χ0n) is 19.7. The van der Waals surface area contributed by atoms with Crippen LogP contribution >= 0.6 is 0 Å². The van der Waals surface area contributed by atoms with E-state index in [0.29, 0.717) is 49.0 Å². The van der Waals surface area contributed by atoms with Gasteiger partial charge >= 0.3 is 6.01 Å². The molecule has 9 nitrogen and oxygen atoms in total. The van der Waals surface area contributed by atoms with Gasteiger partial charge in [-0.25, -0.2) is 9.38 Å². The summed E-state index contributed by atoms with van der Waals surface area (Å²) in [5.41, 5.74) is 3.89. The predicted molar refractivity (Wildman–Crippen MR) is 137 cm³/mol. The number of ether oxygens (including phenoxy) is 1. The Kier molecular flexibility index (Phi) is 6.07. The van der Waals surface area contributed by atoms with Crippen LogP contribution in [-0.2, 0) is 9.53 Å². The van der Waals surface area contributed by atoms with E-state index in [1.807, 2.05) is 59.5 Å². The van der Waals surface area contributed by atoms with Crippen molar-refractivity contribution < 1.29 is 18.3 Å². The molecule has 2 aliphatic heterocycles. The van der Waals surface area contributed by atoms with Gasteiger partial charge < -0.3 is 24.7 Å². The number of benzene rings is 3. The van der Waals surface area contributed by atoms with Crippen LogP contribution in [-0.4, -0.2) is 54.3 Å². The molecule has 1 aromatic heterocycles. The summed E-state index contributed by atoms with van der Waals surface area (Å²) in [7, 11) is 0. The Morgan fingerprint density at radius 1 is 0.946 bits per heavy atom. The maximum absolute atomic E-state index is 14.9. The van der Waals surface area contributed by atoms with Crippen LogP contribution in [0.4, 0.5) is 21.8 Å². The SMILES string of the molecule is O=C1Nc2ccccc2C(c2ccccc2)=N[C@@H]1Nc1nnc(-c2ccc(N3CCOCC3)c(F)c2)o1. The summed E-state index contributed by atoms with van der Waals surface area (Å²) in [6.07, 6.45) is -1.03. The number of aliphatic imine (C=N–C) groups is 1. The smallest absolute Gasteiger partial charge is 0.317 e. The van der Waals surface area contributed by atoms with Crippen molar-refractivity contribution in [1.82, 2.24) is 10.2 Å². The number of anilines is 3. The fourth-order valence-electron chi connectivity index (χ4n) is 4.40. The monoisotopic (exact) mass is 498 g/mol. The van der Waals surface area contributed by atoms with Crippen LogP contribution in [0.5, 0.6) is 0 Å². The van der Waals surface area contributed by atoms with Crippen molar-refractivity contribution in [2.75, 3.05) is 41.8 Å². The van der Waals surface area contributed by atoms with E-state index in [2.05, 4.69) is 20.8 Å². The molecule has 0 saturated carbocycles. The molecule has 0 spiro atoms. The highest BCUT2D eigenvalue weighted by Gasteiger charge is 2.27. The van der Waals surface area contributed by atoms with Crippen molar-refractivity contribution in [2.45, 2.75) is 6.17 Å². The number of hydrogen-bond donors (Lipinski definition) is 2. The molecule has 6 rings (SSSR count). The normalized spacial score (nSPS) is 17.4. The zero-order chi connectivity index (χ0) is 25.2. The second kappa shape index (κ2) is 9.82. The van der Waals surface area contributed by atoms with E-state index >= 15 is 0 Å². The number of halogens is 1. The fourth-order valence-corrected chi connectivity index (χ4v) is 4.40. The van der Waals surface area contributed by atoms with Gasteiger partial charge in [0.1, 0.15) is 5.82 Å². The van der Waals surface area contributed by atoms with Crippen molar-refractivity contribution in [3.63, 3.8) is 0 Å². The number of fused-ring (bicyclic) bond motifs is 1. The minimum Gasteiger partial charge on any atom is -0.403 e. The summed E-state index contributed by atoms with van der Waals surface area (Å²) in [6.45, 7) is 2.38. The average molecular weight is 499 g/mol. The summed E-state index contributed by atoms with van der Waals surface area (Å²) in [5, 5.41) is 13.9. The maximum atomic E-state index is 14.9. The molecule has 1 atom stereocenters. The molecule has 2 N–H and O–H groups in total. The third-order valence-electron chi connectivity index (χ3n) is 6.23. The molecule has 3 aromatic carbocycles. The first-order valence-corrected chi connectivity index (χ1v) is 11.9. The molecule has 4 aromatic rings. The summed E-state index contributed by atoms with van der Waals surface area (Å²) >= 11 is 0. The number of nitrogens with one attached hydrogen (secondary N) is 2. The highest BCUT2D eigenvalue weighted by Crippen LogP contribution is 2.28. The number of para-hydroxylation sites is 1. The number of nitrogens with zero attached hydrogens (tertiary/aromatic N) is 4. The summed E-state index contributed by atoms with van der Waals surface area (Å²) in [6, 6.07) is 21.9. The Balaban J connectivity index is 1.27. The minimum atomic E-state index is -1.03. The van der Waals surface area contributed by atoms with Crippen molar-refractivity contribution in [3.8, 4) is 11.5 Å². The van der Waals surface area contributed by atoms with E-state index in [0.717, 1.165) is 11.1 Å². The number of benzodiazepines with no additional fused rings is 1. The standard InChI is InChI=1S/C27H23FN6O3/c28-20-16-18(10-11-22(20)34-12-14-36-15-13-34)26-32-33-27(37-26)31-24-25(35)29-21-9-5-4-8-19(21)23(30-24)17-6-2-1-3-7-17/h1-11,16,24H,12-15H2,(H,29,35)(H,31,33)/t24-/m1/s1. The number of rotatable bonds is 5. The van der Waals surface area contributed by atoms with Gasteiger partial charge in [-0.05, 0) is 24.3 Å². The highest BCUT2D eigenvalue weighted by molar-refractivity contribution is 6.19. The Morgan fingerprint density at radius 2 is 1.73 bits per heavy atom. The Hall–Kier alpha value is -4.57. The molecular weight excluding hydrogens is 475 g/mol. The molecule has 0 unspecified atom stereocenters. The van der Waals surface area contributed by atoms with Gasteiger partial charge in [-0.3, -0.25) is 4.79 Å². The van der Waals surface area contributed by atoms with Gasteiger partial charge in [0.05, 0.1) is 30.3 Å². The van der Waals surface area contributed by atoms with Crippen LogP contribution in [0.25, 0.3) is 11.5 Å². The summed E-state index contributed by atoms with van der Waals surface area (Å²) in [5.74, 6) is -0.635. The van der Waals surface area contributed by atoms with Gasteiger partial charge in [0.25, 0.3) is 5.91 Å². The van der Waals surface area contributed by atoms with Crippen molar-refractivity contribution >= 4 is 29.0 Å². The first kappa shape index (κ1) is 22.9. The highest BCUT2D eigenvalue weighted by atomic mass is 19.1. The van der Waals surface area contributed by atoms with Crippen LogP contribution < -0.4 is 15.5 Å². The largest absolute Gasteiger partial charge is 0.403 e. The van der Waals surface area contributed by atoms with Gasteiger partial charge in [-0.2, -0.15) is 0 Å². The number of aromatic nitrogens is 2. The molecule has 186 valence electrons. The van der Waals surface area contributed by atoms with Gasteiger partial charge in [0, 0.05) is 29.8 Å². The van der Waals surface area contributed by atoms with E-state index < -0.39 is 6.17 Å². The Bertz CT molecular complexity index is 1470. The van der Waals surface area contributed by atoms with Crippen LogP contribution in [0.1, 0.15) is 11.1 Å². The van der Waals surface area contributed by atoms with E-state index in [-0.39, 0.29) is 23.6 Å². The number of carbonyl (C=O) groups excluding carboxylic acids is 1. The number of carbonyl (C=O) groups is 1. The van der Waals surface area contributed by atoms with E-state index in [1.165, 1.54) is 6.07 Å². The Labute approximate surface area is 212 Å². The minimum absolute atomic E-state index is 0.00469. The molecule has 37 heavy (non-hydrogen) atoms. The molecule has 1 fully saturated rings. The molecule has 0 radical (unpaired) electrons. The predicted octanol–water partition coefficient (Wildman–Crippen LogP) is 3.94. The van der Waals surface area contributed by atoms with Crippen LogP contribution in [0.15, 0.2) is 82.2 Å². The number of hydrogen-bond acceptors (Lipinski definition) is 8. The quantitative estimate of drug-likeness (QED) is 0.429. The fraction of sp³-hybridized carbons (Fsp3) is 0.185. The molecule has 3 heterocycles. The van der Waals surface area contributed by atoms with E-state index in [9.17, 15) is 9.18 Å². The first-order chi connectivity index (χ1) is 18.2. The second-order valence-electron chi connectivity index (χ2n) is 8.60. The van der Waals surface area contributed by atoms with Crippen molar-refractivity contribution in [1.29, 1.82) is 0 Å². The third-order valence-corrected chi connectivity index (χ3v) is 6.23. The van der Waals surface area contributed by atoms with E-state index in [1.54, 1.807) is 12.1 Å². The summed E-state index contributed by atoms with van der Waals surface area (Å²) in [4.78, 5) is 19.7. The second-order valence-corrected chi connectivity index (χ2v) is 8.60. The molecule has 10 heteroatoms. The summed E-state index contributed by atoms with van der Waals surface area (Å²) < 4.78 is 26.0. The van der Waals surface area contributed by atoms with Crippen LogP contribution in [0.2, 0.25) is 0 Å². The molecule has 2 aliphatic rings. The van der Waals surface area contributed by atoms with Crippen molar-refractivity contribution in [2.24, 2.45) is 4.99 Å². The van der Waals surface area contributed by atoms with Crippen LogP contribution in [0.3, 0.4) is 0 Å². The lowest BCUT2D eigenvalue weighted by Crippen LogP contribution is -2.36. The first-order valence-electron chi connectivity index (χ1n) is 11.9. The zero-order valence-corrected chi connectivity index (χ0v) is 19.7. The number of amides is 1. The molecule has 0 bridgehead atoms. The lowest BCUT2D eigenvalue weighted by Gasteiger charge is -2.29. The molecule has 1 saturated heterocycles. The Morgan fingerprint density at radius 3 is 2.54 bits per heavy atom. The molecular formula is C27H23FN6O3. The van der Waals surface area contributed by atoms with Gasteiger partial charge in [0.2, 0.25) is 12.1 Å². The lowest BCUT2D eigenvalue weighted by atomic mass is 10.0. The van der Waals surface area contributed by atoms with Gasteiger partial charge in [-0.15, -0.1) is 5.10 Å². The lowest BCUT2D eigenvalue weighted by molar-refractivity contribution is -0.116. The third kappa shape index (κ3) is 4.66. The van der Waals surface area contributed by atoms with Crippen LogP contribution in [0, 0.1) is 5.82 Å². The van der Waals surface area contributed by atoms with Crippen molar-refractivity contribution in [3.05, 3.63) is 89.7 Å². The average Bonchev–Trinajstić information content (AvgIpc) is 3.35. The number of morpholine rings is 1.